The van der Waals surface area contributed by atoms with Crippen LogP contribution in [0.1, 0.15) is 16.7 Å². The molecule has 0 saturated carbocycles. The normalized spacial score (nSPS) is 11.6. The second-order valence-corrected chi connectivity index (χ2v) is 8.66. The number of rotatable bonds is 8. The van der Waals surface area contributed by atoms with Gasteiger partial charge in [0.2, 0.25) is 0 Å². The quantitative estimate of drug-likeness (QED) is 0.133. The lowest BCUT2D eigenvalue weighted by atomic mass is 10.1. The summed E-state index contributed by atoms with van der Waals surface area (Å²) in [7, 11) is 1.48. The van der Waals surface area contributed by atoms with Crippen molar-refractivity contribution in [2.24, 2.45) is 5.10 Å². The minimum atomic E-state index is -4.70. The Kier molecular flexibility index (Phi) is 7.63. The Morgan fingerprint density at radius 3 is 2.54 bits per heavy atom. The number of fused-ring (bicyclic) bond motifs is 1. The fraction of sp³-hybridized carbons (Fsp3) is 0.115. The van der Waals surface area contributed by atoms with Gasteiger partial charge in [0.15, 0.2) is 11.5 Å². The van der Waals surface area contributed by atoms with Gasteiger partial charge in [-0.05, 0) is 56.5 Å². The van der Waals surface area contributed by atoms with Gasteiger partial charge in [-0.25, -0.2) is 0 Å². The molecule has 11 heteroatoms. The molecule has 0 bridgehead atoms. The number of ether oxygens (including phenoxy) is 2. The highest BCUT2D eigenvalue weighted by Gasteiger charge is 2.33. The van der Waals surface area contributed by atoms with Gasteiger partial charge < -0.3 is 9.47 Å². The number of hydrogen-bond acceptors (Lipinski definition) is 6. The molecule has 4 aromatic rings. The van der Waals surface area contributed by atoms with E-state index in [1.54, 1.807) is 12.1 Å². The number of alkyl halides is 3. The molecule has 190 valence electrons. The number of hydrogen-bond donors (Lipinski definition) is 1. The van der Waals surface area contributed by atoms with Gasteiger partial charge >= 0.3 is 6.18 Å². The Bertz CT molecular complexity index is 1490. The van der Waals surface area contributed by atoms with Crippen LogP contribution in [0, 0.1) is 10.1 Å². The zero-order valence-corrected chi connectivity index (χ0v) is 20.8. The molecule has 4 aromatic carbocycles. The maximum absolute atomic E-state index is 12.9. The van der Waals surface area contributed by atoms with Crippen LogP contribution in [0.2, 0.25) is 0 Å². The van der Waals surface area contributed by atoms with Crippen LogP contribution in [0.5, 0.6) is 11.5 Å². The summed E-state index contributed by atoms with van der Waals surface area (Å²) in [6, 6.07) is 19.5. The number of nitro groups is 1. The Hall–Kier alpha value is -4.12. The Balaban J connectivity index is 1.52. The molecule has 0 radical (unpaired) electrons. The molecule has 0 atom stereocenters. The Morgan fingerprint density at radius 1 is 1.05 bits per heavy atom. The van der Waals surface area contributed by atoms with Crippen LogP contribution >= 0.6 is 15.9 Å². The smallest absolute Gasteiger partial charge is 0.416 e. The molecule has 4 rings (SSSR count). The second kappa shape index (κ2) is 10.9. The number of methoxy groups -OCH3 is 1. The summed E-state index contributed by atoms with van der Waals surface area (Å²) in [6.45, 7) is 0.302. The van der Waals surface area contributed by atoms with Gasteiger partial charge in [-0.3, -0.25) is 15.5 Å². The van der Waals surface area contributed by atoms with Crippen molar-refractivity contribution < 1.29 is 27.6 Å². The van der Waals surface area contributed by atoms with E-state index < -0.39 is 22.4 Å². The zero-order valence-electron chi connectivity index (χ0n) is 19.3. The third kappa shape index (κ3) is 6.00. The fourth-order valence-corrected chi connectivity index (χ4v) is 4.05. The molecule has 0 spiro atoms. The fourth-order valence-electron chi connectivity index (χ4n) is 3.62. The number of anilines is 1. The molecule has 0 aliphatic rings. The molecular weight excluding hydrogens is 555 g/mol. The summed E-state index contributed by atoms with van der Waals surface area (Å²) < 4.78 is 50.8. The van der Waals surface area contributed by atoms with Crippen LogP contribution in [-0.4, -0.2) is 18.2 Å². The van der Waals surface area contributed by atoms with Crippen LogP contribution in [0.25, 0.3) is 10.8 Å². The molecule has 0 aromatic heterocycles. The van der Waals surface area contributed by atoms with Crippen molar-refractivity contribution in [3.05, 3.63) is 104 Å². The van der Waals surface area contributed by atoms with Gasteiger partial charge in [-0.2, -0.15) is 18.3 Å². The van der Waals surface area contributed by atoms with Gasteiger partial charge in [0.1, 0.15) is 12.3 Å². The maximum Gasteiger partial charge on any atom is 0.416 e. The van der Waals surface area contributed by atoms with E-state index in [0.717, 1.165) is 28.5 Å². The monoisotopic (exact) mass is 573 g/mol. The van der Waals surface area contributed by atoms with E-state index in [1.165, 1.54) is 13.3 Å². The van der Waals surface area contributed by atoms with Gasteiger partial charge in [0.25, 0.3) is 5.69 Å². The number of halogens is 4. The zero-order chi connectivity index (χ0) is 26.6. The molecule has 0 heterocycles. The van der Waals surface area contributed by atoms with E-state index in [4.69, 9.17) is 9.47 Å². The molecule has 0 unspecified atom stereocenters. The SMILES string of the molecule is COc1cc(/C=N\Nc2ccc(C(F)(F)F)cc2[N+](=O)[O-])c(Br)cc1OCc1cccc2ccccc12. The number of nitrogens with one attached hydrogen (secondary N) is 1. The first-order valence-electron chi connectivity index (χ1n) is 10.8. The van der Waals surface area contributed by atoms with Gasteiger partial charge in [0, 0.05) is 16.1 Å². The van der Waals surface area contributed by atoms with Crippen molar-refractivity contribution in [1.82, 2.24) is 0 Å². The summed E-state index contributed by atoms with van der Waals surface area (Å²) in [5.41, 5.74) is 1.91. The van der Waals surface area contributed by atoms with Crippen molar-refractivity contribution in [1.29, 1.82) is 0 Å². The van der Waals surface area contributed by atoms with Crippen molar-refractivity contribution >= 4 is 44.3 Å². The lowest BCUT2D eigenvalue weighted by Crippen LogP contribution is -2.06. The predicted octanol–water partition coefficient (Wildman–Crippen LogP) is 7.56. The molecule has 0 aliphatic carbocycles. The molecule has 37 heavy (non-hydrogen) atoms. The van der Waals surface area contributed by atoms with E-state index in [1.807, 2.05) is 42.5 Å². The summed E-state index contributed by atoms with van der Waals surface area (Å²) in [6.07, 6.45) is -3.35. The van der Waals surface area contributed by atoms with Crippen molar-refractivity contribution in [3.63, 3.8) is 0 Å². The summed E-state index contributed by atoms with van der Waals surface area (Å²) in [4.78, 5) is 10.3. The Morgan fingerprint density at radius 2 is 1.81 bits per heavy atom. The standard InChI is InChI=1S/C26H19BrF3N3O4/c1-36-24-11-18(14-31-32-22-10-9-19(26(28,29)30)12-23(22)33(34)35)21(27)13-25(24)37-15-17-7-4-6-16-5-2-3-8-20(16)17/h2-14,32H,15H2,1H3/b31-14-. The number of nitro benzene ring substituents is 1. The Labute approximate surface area is 217 Å². The van der Waals surface area contributed by atoms with Crippen LogP contribution in [0.3, 0.4) is 0 Å². The van der Waals surface area contributed by atoms with E-state index in [0.29, 0.717) is 34.2 Å². The molecule has 0 aliphatic heterocycles. The third-order valence-electron chi connectivity index (χ3n) is 5.46. The van der Waals surface area contributed by atoms with E-state index in [2.05, 4.69) is 26.5 Å². The van der Waals surface area contributed by atoms with E-state index in [-0.39, 0.29) is 5.69 Å². The molecule has 0 saturated heterocycles. The van der Waals surface area contributed by atoms with Crippen molar-refractivity contribution in [2.45, 2.75) is 12.8 Å². The van der Waals surface area contributed by atoms with Gasteiger partial charge in [-0.1, -0.05) is 42.5 Å². The molecular formula is C26H19BrF3N3O4. The minimum Gasteiger partial charge on any atom is -0.493 e. The summed E-state index contributed by atoms with van der Waals surface area (Å²) in [5.74, 6) is 0.899. The first-order chi connectivity index (χ1) is 17.7. The van der Waals surface area contributed by atoms with Crippen molar-refractivity contribution in [2.75, 3.05) is 12.5 Å². The topological polar surface area (TPSA) is 86.0 Å². The largest absolute Gasteiger partial charge is 0.493 e. The lowest BCUT2D eigenvalue weighted by Gasteiger charge is -2.14. The summed E-state index contributed by atoms with van der Waals surface area (Å²) in [5, 5.41) is 17.4. The van der Waals surface area contributed by atoms with Gasteiger partial charge in [-0.15, -0.1) is 0 Å². The first-order valence-corrected chi connectivity index (χ1v) is 11.6. The number of hydrazone groups is 1. The maximum atomic E-state index is 12.9. The molecule has 1 N–H and O–H groups in total. The van der Waals surface area contributed by atoms with E-state index >= 15 is 0 Å². The lowest BCUT2D eigenvalue weighted by molar-refractivity contribution is -0.384. The first kappa shape index (κ1) is 26.0. The highest BCUT2D eigenvalue weighted by molar-refractivity contribution is 9.10. The molecule has 0 fully saturated rings. The van der Waals surface area contributed by atoms with Crippen molar-refractivity contribution in [3.8, 4) is 11.5 Å². The molecule has 0 amide bonds. The van der Waals surface area contributed by atoms with Gasteiger partial charge in [0.05, 0.1) is 23.8 Å². The van der Waals surface area contributed by atoms with Crippen LogP contribution < -0.4 is 14.9 Å². The van der Waals surface area contributed by atoms with E-state index in [9.17, 15) is 23.3 Å². The average molecular weight is 574 g/mol. The number of benzene rings is 4. The van der Waals surface area contributed by atoms with Crippen LogP contribution in [0.4, 0.5) is 24.5 Å². The van der Waals surface area contributed by atoms with Crippen LogP contribution in [-0.2, 0) is 12.8 Å². The highest BCUT2D eigenvalue weighted by atomic mass is 79.9. The second-order valence-electron chi connectivity index (χ2n) is 7.81. The summed E-state index contributed by atoms with van der Waals surface area (Å²) >= 11 is 3.44. The minimum absolute atomic E-state index is 0.188. The van der Waals surface area contributed by atoms with Crippen LogP contribution in [0.15, 0.2) is 82.4 Å². The average Bonchev–Trinajstić information content (AvgIpc) is 2.87. The predicted molar refractivity (Wildman–Crippen MR) is 138 cm³/mol. The highest BCUT2D eigenvalue weighted by Crippen LogP contribution is 2.36. The number of nitrogens with zero attached hydrogens (tertiary/aromatic N) is 2. The molecule has 7 nitrogen and oxygen atoms in total. The third-order valence-corrected chi connectivity index (χ3v) is 6.14.